The van der Waals surface area contributed by atoms with Crippen molar-refractivity contribution in [3.05, 3.63) is 23.2 Å². The zero-order valence-corrected chi connectivity index (χ0v) is 10.4. The third-order valence-electron chi connectivity index (χ3n) is 3.31. The lowest BCUT2D eigenvalue weighted by molar-refractivity contribution is -0.179. The minimum absolute atomic E-state index is 0.130. The van der Waals surface area contributed by atoms with Gasteiger partial charge in [0, 0.05) is 18.8 Å². The molecule has 0 saturated carbocycles. The highest BCUT2D eigenvalue weighted by Crippen LogP contribution is 2.36. The van der Waals surface area contributed by atoms with Crippen molar-refractivity contribution in [1.82, 2.24) is 0 Å². The van der Waals surface area contributed by atoms with Gasteiger partial charge in [-0.15, -0.1) is 0 Å². The predicted octanol–water partition coefficient (Wildman–Crippen LogP) is 3.70. The minimum Gasteiger partial charge on any atom is -0.398 e. The van der Waals surface area contributed by atoms with Crippen LogP contribution in [-0.4, -0.2) is 19.3 Å². The van der Waals surface area contributed by atoms with Gasteiger partial charge in [0.1, 0.15) is 0 Å². The monoisotopic (exact) mass is 278 g/mol. The van der Waals surface area contributed by atoms with Crippen molar-refractivity contribution < 1.29 is 13.2 Å². The van der Waals surface area contributed by atoms with E-state index in [4.69, 9.17) is 17.3 Å². The summed E-state index contributed by atoms with van der Waals surface area (Å²) < 4.78 is 37.6. The Hall–Kier alpha value is -1.10. The third kappa shape index (κ3) is 2.83. The Balaban J connectivity index is 2.03. The Morgan fingerprint density at radius 2 is 1.83 bits per heavy atom. The van der Waals surface area contributed by atoms with Gasteiger partial charge < -0.3 is 10.6 Å². The molecule has 1 aliphatic rings. The standard InChI is InChI=1S/C12H14ClF3N2/c13-10-7-9(1-2-11(10)17)18-5-3-8(4-6-18)12(14,15)16/h1-2,7-8H,3-6,17H2. The Kier molecular flexibility index (Phi) is 3.61. The van der Waals surface area contributed by atoms with Crippen LogP contribution in [0.4, 0.5) is 24.5 Å². The molecule has 100 valence electrons. The van der Waals surface area contributed by atoms with E-state index in [1.807, 2.05) is 4.90 Å². The molecule has 0 aromatic heterocycles. The van der Waals surface area contributed by atoms with Crippen LogP contribution in [0, 0.1) is 5.92 Å². The van der Waals surface area contributed by atoms with Crippen LogP contribution in [0.25, 0.3) is 0 Å². The molecule has 2 nitrogen and oxygen atoms in total. The molecule has 2 rings (SSSR count). The van der Waals surface area contributed by atoms with Crippen molar-refractivity contribution in [2.24, 2.45) is 5.92 Å². The molecule has 0 amide bonds. The van der Waals surface area contributed by atoms with Crippen molar-refractivity contribution in [2.75, 3.05) is 23.7 Å². The summed E-state index contributed by atoms with van der Waals surface area (Å²) in [6.45, 7) is 0.787. The summed E-state index contributed by atoms with van der Waals surface area (Å²) in [5.41, 5.74) is 6.90. The molecular weight excluding hydrogens is 265 g/mol. The second-order valence-electron chi connectivity index (χ2n) is 4.51. The molecule has 18 heavy (non-hydrogen) atoms. The summed E-state index contributed by atoms with van der Waals surface area (Å²) in [5.74, 6) is -1.18. The maximum Gasteiger partial charge on any atom is 0.391 e. The Bertz CT molecular complexity index is 426. The molecule has 1 aromatic carbocycles. The van der Waals surface area contributed by atoms with E-state index in [0.29, 0.717) is 23.8 Å². The maximum atomic E-state index is 12.5. The van der Waals surface area contributed by atoms with Gasteiger partial charge in [-0.1, -0.05) is 11.6 Å². The highest BCUT2D eigenvalue weighted by atomic mass is 35.5. The van der Waals surface area contributed by atoms with Crippen molar-refractivity contribution in [3.8, 4) is 0 Å². The van der Waals surface area contributed by atoms with Gasteiger partial charge in [0.15, 0.2) is 0 Å². The lowest BCUT2D eigenvalue weighted by Crippen LogP contribution is -2.39. The van der Waals surface area contributed by atoms with Crippen LogP contribution in [0.2, 0.25) is 5.02 Å². The van der Waals surface area contributed by atoms with E-state index >= 15 is 0 Å². The van der Waals surface area contributed by atoms with Gasteiger partial charge in [-0.2, -0.15) is 13.2 Å². The molecule has 2 N–H and O–H groups in total. The molecule has 1 saturated heterocycles. The van der Waals surface area contributed by atoms with Gasteiger partial charge in [0.05, 0.1) is 16.6 Å². The molecular formula is C12H14ClF3N2. The van der Waals surface area contributed by atoms with E-state index < -0.39 is 12.1 Å². The predicted molar refractivity (Wildman–Crippen MR) is 66.9 cm³/mol. The lowest BCUT2D eigenvalue weighted by atomic mass is 9.96. The smallest absolute Gasteiger partial charge is 0.391 e. The van der Waals surface area contributed by atoms with Gasteiger partial charge in [-0.25, -0.2) is 0 Å². The van der Waals surface area contributed by atoms with Crippen molar-refractivity contribution in [2.45, 2.75) is 19.0 Å². The van der Waals surface area contributed by atoms with Gasteiger partial charge in [-0.3, -0.25) is 0 Å². The van der Waals surface area contributed by atoms with E-state index in [0.717, 1.165) is 5.69 Å². The largest absolute Gasteiger partial charge is 0.398 e. The number of halogens is 4. The number of nitrogens with zero attached hydrogens (tertiary/aromatic N) is 1. The molecule has 0 unspecified atom stereocenters. The van der Waals surface area contributed by atoms with Gasteiger partial charge in [0.2, 0.25) is 0 Å². The fourth-order valence-corrected chi connectivity index (χ4v) is 2.35. The Labute approximate surface area is 109 Å². The third-order valence-corrected chi connectivity index (χ3v) is 3.63. The molecule has 1 heterocycles. The SMILES string of the molecule is Nc1ccc(N2CCC(C(F)(F)F)CC2)cc1Cl. The summed E-state index contributed by atoms with van der Waals surface area (Å²) in [5, 5.41) is 0.436. The molecule has 0 aliphatic carbocycles. The van der Waals surface area contributed by atoms with Crippen LogP contribution < -0.4 is 10.6 Å². The first-order valence-electron chi connectivity index (χ1n) is 5.74. The molecule has 0 bridgehead atoms. The number of anilines is 2. The number of rotatable bonds is 1. The highest BCUT2D eigenvalue weighted by molar-refractivity contribution is 6.33. The summed E-state index contributed by atoms with van der Waals surface area (Å²) in [6.07, 6.45) is -3.82. The Morgan fingerprint density at radius 3 is 2.33 bits per heavy atom. The van der Waals surface area contributed by atoms with Crippen LogP contribution >= 0.6 is 11.6 Å². The second-order valence-corrected chi connectivity index (χ2v) is 4.92. The van der Waals surface area contributed by atoms with Crippen LogP contribution in [0.1, 0.15) is 12.8 Å². The van der Waals surface area contributed by atoms with E-state index in [-0.39, 0.29) is 12.8 Å². The molecule has 1 aromatic rings. The fourth-order valence-electron chi connectivity index (χ4n) is 2.18. The zero-order chi connectivity index (χ0) is 13.3. The first-order chi connectivity index (χ1) is 8.38. The second kappa shape index (κ2) is 4.88. The number of alkyl halides is 3. The van der Waals surface area contributed by atoms with Crippen molar-refractivity contribution >= 4 is 23.0 Å². The van der Waals surface area contributed by atoms with Crippen LogP contribution in [-0.2, 0) is 0 Å². The lowest BCUT2D eigenvalue weighted by Gasteiger charge is -2.34. The summed E-state index contributed by atoms with van der Waals surface area (Å²) >= 11 is 5.90. The van der Waals surface area contributed by atoms with E-state index in [1.165, 1.54) is 0 Å². The number of hydrogen-bond acceptors (Lipinski definition) is 2. The normalized spacial score (nSPS) is 18.1. The zero-order valence-electron chi connectivity index (χ0n) is 9.67. The number of hydrogen-bond donors (Lipinski definition) is 1. The number of nitrogen functional groups attached to an aromatic ring is 1. The molecule has 1 fully saturated rings. The molecule has 0 atom stereocenters. The molecule has 0 radical (unpaired) electrons. The van der Waals surface area contributed by atoms with Crippen LogP contribution in [0.5, 0.6) is 0 Å². The molecule has 0 spiro atoms. The first kappa shape index (κ1) is 13.3. The van der Waals surface area contributed by atoms with Crippen molar-refractivity contribution in [1.29, 1.82) is 0 Å². The first-order valence-corrected chi connectivity index (χ1v) is 6.12. The van der Waals surface area contributed by atoms with E-state index in [1.54, 1.807) is 18.2 Å². The van der Waals surface area contributed by atoms with E-state index in [2.05, 4.69) is 0 Å². The van der Waals surface area contributed by atoms with Gasteiger partial charge in [-0.05, 0) is 31.0 Å². The number of benzene rings is 1. The Morgan fingerprint density at radius 1 is 1.22 bits per heavy atom. The number of nitrogens with two attached hydrogens (primary N) is 1. The van der Waals surface area contributed by atoms with E-state index in [9.17, 15) is 13.2 Å². The average Bonchev–Trinajstić information content (AvgIpc) is 2.32. The molecule has 6 heteroatoms. The molecule has 1 aliphatic heterocycles. The average molecular weight is 279 g/mol. The summed E-state index contributed by atoms with van der Waals surface area (Å²) in [7, 11) is 0. The van der Waals surface area contributed by atoms with Gasteiger partial charge in [0.25, 0.3) is 0 Å². The number of piperidine rings is 1. The minimum atomic E-state index is -4.08. The highest BCUT2D eigenvalue weighted by Gasteiger charge is 2.41. The van der Waals surface area contributed by atoms with Crippen LogP contribution in [0.15, 0.2) is 18.2 Å². The van der Waals surface area contributed by atoms with Crippen LogP contribution in [0.3, 0.4) is 0 Å². The summed E-state index contributed by atoms with van der Waals surface area (Å²) in [6, 6.07) is 5.16. The maximum absolute atomic E-state index is 12.5. The fraction of sp³-hybridized carbons (Fsp3) is 0.500. The summed E-state index contributed by atoms with van der Waals surface area (Å²) in [4.78, 5) is 1.91. The topological polar surface area (TPSA) is 29.3 Å². The van der Waals surface area contributed by atoms with Gasteiger partial charge >= 0.3 is 6.18 Å². The van der Waals surface area contributed by atoms with Crippen molar-refractivity contribution in [3.63, 3.8) is 0 Å². The quantitative estimate of drug-likeness (QED) is 0.794.